The van der Waals surface area contributed by atoms with Gasteiger partial charge in [0.15, 0.2) is 5.82 Å². The van der Waals surface area contributed by atoms with Gasteiger partial charge in [0.05, 0.1) is 10.9 Å². The van der Waals surface area contributed by atoms with E-state index in [1.807, 2.05) is 0 Å². The van der Waals surface area contributed by atoms with Gasteiger partial charge in [0.2, 0.25) is 0 Å². The zero-order chi connectivity index (χ0) is 30.2. The minimum atomic E-state index is -1.67. The first-order valence-corrected chi connectivity index (χ1v) is 15.5. The molecular weight excluding hydrogens is 576 g/mol. The van der Waals surface area contributed by atoms with Crippen molar-refractivity contribution in [2.75, 3.05) is 37.7 Å². The molecule has 2 N–H and O–H groups in total. The topological polar surface area (TPSA) is 86.6 Å². The minimum absolute atomic E-state index is 0.0193. The van der Waals surface area contributed by atoms with Crippen LogP contribution in [0.15, 0.2) is 36.0 Å². The molecule has 1 aliphatic carbocycles. The molecule has 6 heterocycles. The van der Waals surface area contributed by atoms with Crippen LogP contribution < -0.4 is 15.0 Å². The summed E-state index contributed by atoms with van der Waals surface area (Å²) >= 11 is 0. The summed E-state index contributed by atoms with van der Waals surface area (Å²) in [4.78, 5) is 18.1. The number of ether oxygens (including phenoxy) is 1. The smallest absolute Gasteiger partial charge is 0.319 e. The molecule has 3 aromatic rings. The number of alkyl halides is 1. The average molecular weight is 611 g/mol. The van der Waals surface area contributed by atoms with E-state index in [-0.39, 0.29) is 53.9 Å². The van der Waals surface area contributed by atoms with Crippen LogP contribution in [0.25, 0.3) is 22.2 Å². The number of allylic oxidation sites excluding steroid dienone is 1. The molecule has 1 saturated carbocycles. The molecule has 2 unspecified atom stereocenters. The number of nitrogens with zero attached hydrogens (tertiary/aromatic N) is 5. The molecule has 2 aromatic heterocycles. The van der Waals surface area contributed by atoms with Crippen molar-refractivity contribution < 1.29 is 27.4 Å². The zero-order valence-corrected chi connectivity index (χ0v) is 24.2. The van der Waals surface area contributed by atoms with Gasteiger partial charge in [0.1, 0.15) is 35.6 Å². The predicted octanol–water partition coefficient (Wildman–Crippen LogP) is 5.46. The van der Waals surface area contributed by atoms with E-state index < -0.39 is 23.6 Å². The number of halogens is 4. The number of hydrogen-bond donors (Lipinski definition) is 2. The van der Waals surface area contributed by atoms with E-state index in [1.54, 1.807) is 12.3 Å². The number of piperazine rings is 1. The summed E-state index contributed by atoms with van der Waals surface area (Å²) in [5.74, 6) is -0.476. The van der Waals surface area contributed by atoms with Gasteiger partial charge in [-0.05, 0) is 74.3 Å². The van der Waals surface area contributed by atoms with Gasteiger partial charge in [-0.1, -0.05) is 6.07 Å². The second-order valence-electron chi connectivity index (χ2n) is 13.2. The Bertz CT molecular complexity index is 1650. The molecule has 2 bridgehead atoms. The maximum atomic E-state index is 16.6. The Labute approximate surface area is 252 Å². The van der Waals surface area contributed by atoms with E-state index in [9.17, 15) is 18.3 Å². The molecule has 0 amide bonds. The standard InChI is InChI=1S/C32H34F4N6O2/c33-19-11-32(6-1-7-42(32)13-19)16-44-31-39-28-25(30(40-31)41-14-20-2-3-21(15-41)38-20)12-37-27(26(28)34)24-10-22(43)4-5-23(24)17-8-18(9-17)29(35)36/h4-5,10,12,17,19-21,38,43H,1-3,6-9,11,13-16H2/t19-,20?,21?,32+/m1/s1. The lowest BCUT2D eigenvalue weighted by molar-refractivity contribution is 0.107. The lowest BCUT2D eigenvalue weighted by Gasteiger charge is -2.34. The Morgan fingerprint density at radius 1 is 1.11 bits per heavy atom. The Kier molecular flexibility index (Phi) is 6.71. The molecule has 44 heavy (non-hydrogen) atoms. The quantitative estimate of drug-likeness (QED) is 0.356. The fourth-order valence-electron chi connectivity index (χ4n) is 8.15. The number of anilines is 1. The number of aromatic nitrogens is 3. The highest BCUT2D eigenvalue weighted by molar-refractivity contribution is 5.92. The summed E-state index contributed by atoms with van der Waals surface area (Å²) in [6.45, 7) is 2.83. The van der Waals surface area contributed by atoms with Crippen molar-refractivity contribution in [3.8, 4) is 23.0 Å². The van der Waals surface area contributed by atoms with Crippen LogP contribution in [-0.4, -0.2) is 81.5 Å². The third-order valence-corrected chi connectivity index (χ3v) is 10.4. The van der Waals surface area contributed by atoms with E-state index in [0.29, 0.717) is 60.5 Å². The molecular formula is C32H34F4N6O2. The maximum absolute atomic E-state index is 16.6. The normalized spacial score (nSPS) is 29.7. The number of nitrogens with one attached hydrogen (secondary N) is 1. The first-order chi connectivity index (χ1) is 21.3. The summed E-state index contributed by atoms with van der Waals surface area (Å²) in [5.41, 5.74) is 0.677. The van der Waals surface area contributed by atoms with Crippen molar-refractivity contribution in [1.82, 2.24) is 25.2 Å². The summed E-state index contributed by atoms with van der Waals surface area (Å²) in [5, 5.41) is 14.4. The van der Waals surface area contributed by atoms with E-state index in [0.717, 1.165) is 32.2 Å². The van der Waals surface area contributed by atoms with Gasteiger partial charge >= 0.3 is 6.01 Å². The van der Waals surface area contributed by atoms with Crippen molar-refractivity contribution in [3.63, 3.8) is 0 Å². The molecule has 4 saturated heterocycles. The van der Waals surface area contributed by atoms with Crippen LogP contribution in [0, 0.1) is 5.82 Å². The Morgan fingerprint density at radius 2 is 1.91 bits per heavy atom. The Balaban J connectivity index is 1.20. The Hall–Kier alpha value is -3.51. The lowest BCUT2D eigenvalue weighted by Crippen LogP contribution is -2.51. The van der Waals surface area contributed by atoms with Crippen molar-refractivity contribution in [2.45, 2.75) is 74.7 Å². The number of fused-ring (bicyclic) bond motifs is 4. The maximum Gasteiger partial charge on any atom is 0.319 e. The van der Waals surface area contributed by atoms with Crippen LogP contribution in [0.4, 0.5) is 23.4 Å². The van der Waals surface area contributed by atoms with Gasteiger partial charge in [0.25, 0.3) is 6.08 Å². The highest BCUT2D eigenvalue weighted by Crippen LogP contribution is 2.47. The van der Waals surface area contributed by atoms with Gasteiger partial charge in [-0.25, -0.2) is 8.78 Å². The van der Waals surface area contributed by atoms with Crippen LogP contribution >= 0.6 is 0 Å². The highest BCUT2D eigenvalue weighted by Gasteiger charge is 2.49. The van der Waals surface area contributed by atoms with Crippen LogP contribution in [0.5, 0.6) is 11.8 Å². The van der Waals surface area contributed by atoms with Gasteiger partial charge in [0, 0.05) is 49.9 Å². The lowest BCUT2D eigenvalue weighted by atomic mass is 9.74. The van der Waals surface area contributed by atoms with Crippen molar-refractivity contribution in [2.24, 2.45) is 0 Å². The SMILES string of the molecule is Oc1ccc(C2CC(=C(F)F)C2)c(-c2ncc3c(N4CC5CCC(C4)N5)nc(OC[C@@]45CCCN4C[C@H](F)C5)nc3c2F)c1. The second-order valence-corrected chi connectivity index (χ2v) is 13.2. The molecule has 4 atom stereocenters. The number of hydrogen-bond acceptors (Lipinski definition) is 8. The highest BCUT2D eigenvalue weighted by atomic mass is 19.3. The Morgan fingerprint density at radius 3 is 2.68 bits per heavy atom. The fraction of sp³-hybridized carbons (Fsp3) is 0.531. The van der Waals surface area contributed by atoms with Gasteiger partial charge in [-0.3, -0.25) is 9.88 Å². The number of benzene rings is 1. The number of aromatic hydroxyl groups is 1. The van der Waals surface area contributed by atoms with Crippen molar-refractivity contribution >= 4 is 16.7 Å². The minimum Gasteiger partial charge on any atom is -0.508 e. The third kappa shape index (κ3) is 4.68. The fourth-order valence-corrected chi connectivity index (χ4v) is 8.15. The zero-order valence-electron chi connectivity index (χ0n) is 24.2. The molecule has 5 fully saturated rings. The number of pyridine rings is 1. The van der Waals surface area contributed by atoms with Crippen molar-refractivity contribution in [1.29, 1.82) is 0 Å². The molecule has 5 aliphatic rings. The molecule has 232 valence electrons. The van der Waals surface area contributed by atoms with E-state index >= 15 is 4.39 Å². The summed E-state index contributed by atoms with van der Waals surface area (Å²) < 4.78 is 63.6. The van der Waals surface area contributed by atoms with Crippen LogP contribution in [0.2, 0.25) is 0 Å². The average Bonchev–Trinajstić information content (AvgIpc) is 3.62. The number of phenols is 1. The summed E-state index contributed by atoms with van der Waals surface area (Å²) in [7, 11) is 0. The predicted molar refractivity (Wildman–Crippen MR) is 156 cm³/mol. The molecule has 1 aromatic carbocycles. The third-order valence-electron chi connectivity index (χ3n) is 10.4. The van der Waals surface area contributed by atoms with E-state index in [2.05, 4.69) is 25.1 Å². The van der Waals surface area contributed by atoms with Crippen molar-refractivity contribution in [3.05, 3.63) is 47.4 Å². The summed E-state index contributed by atoms with van der Waals surface area (Å²) in [6, 6.07) is 5.19. The van der Waals surface area contributed by atoms with Crippen LogP contribution in [0.1, 0.15) is 56.4 Å². The van der Waals surface area contributed by atoms with Crippen LogP contribution in [0.3, 0.4) is 0 Å². The molecule has 0 radical (unpaired) electrons. The van der Waals surface area contributed by atoms with Gasteiger partial charge in [-0.2, -0.15) is 18.7 Å². The summed E-state index contributed by atoms with van der Waals surface area (Å²) in [6.07, 6.45) is 3.60. The number of rotatable bonds is 6. The van der Waals surface area contributed by atoms with E-state index in [4.69, 9.17) is 9.72 Å². The molecule has 0 spiro atoms. The first kappa shape index (κ1) is 28.0. The monoisotopic (exact) mass is 610 g/mol. The largest absolute Gasteiger partial charge is 0.508 e. The van der Waals surface area contributed by atoms with Gasteiger partial charge in [-0.15, -0.1) is 0 Å². The first-order valence-electron chi connectivity index (χ1n) is 15.5. The van der Waals surface area contributed by atoms with Crippen LogP contribution in [-0.2, 0) is 0 Å². The second kappa shape index (κ2) is 10.5. The molecule has 8 rings (SSSR count). The van der Waals surface area contributed by atoms with Gasteiger partial charge < -0.3 is 20.1 Å². The molecule has 8 nitrogen and oxygen atoms in total. The molecule has 12 heteroatoms. The van der Waals surface area contributed by atoms with E-state index in [1.165, 1.54) is 12.1 Å². The number of phenolic OH excluding ortho intramolecular Hbond substituents is 1. The molecule has 4 aliphatic heterocycles.